The number of benzene rings is 2. The van der Waals surface area contributed by atoms with Crippen LogP contribution in [-0.2, 0) is 6.54 Å². The monoisotopic (exact) mass is 271 g/mol. The zero-order valence-electron chi connectivity index (χ0n) is 12.9. The SMILES string of the molecule is COc1ccc2cc(CNCC(C)C(C)C)ccc2c1. The molecule has 0 heterocycles. The van der Waals surface area contributed by atoms with E-state index in [2.05, 4.69) is 56.4 Å². The highest BCUT2D eigenvalue weighted by atomic mass is 16.5. The molecule has 2 rings (SSSR count). The molecule has 0 spiro atoms. The minimum atomic E-state index is 0.708. The van der Waals surface area contributed by atoms with Crippen LogP contribution in [0.25, 0.3) is 10.8 Å². The number of hydrogen-bond acceptors (Lipinski definition) is 2. The van der Waals surface area contributed by atoms with Gasteiger partial charge in [0.1, 0.15) is 5.75 Å². The minimum Gasteiger partial charge on any atom is -0.497 e. The highest BCUT2D eigenvalue weighted by molar-refractivity contribution is 5.84. The van der Waals surface area contributed by atoms with Gasteiger partial charge in [-0.1, -0.05) is 39.0 Å². The van der Waals surface area contributed by atoms with E-state index in [9.17, 15) is 0 Å². The first-order valence-electron chi connectivity index (χ1n) is 7.37. The van der Waals surface area contributed by atoms with E-state index in [0.717, 1.165) is 24.8 Å². The molecule has 1 atom stereocenters. The van der Waals surface area contributed by atoms with Crippen molar-refractivity contribution in [1.82, 2.24) is 5.32 Å². The van der Waals surface area contributed by atoms with Gasteiger partial charge in [0.05, 0.1) is 7.11 Å². The van der Waals surface area contributed by atoms with Crippen molar-refractivity contribution < 1.29 is 4.74 Å². The highest BCUT2D eigenvalue weighted by Crippen LogP contribution is 2.21. The molecule has 2 heteroatoms. The molecule has 1 unspecified atom stereocenters. The summed E-state index contributed by atoms with van der Waals surface area (Å²) >= 11 is 0. The molecule has 2 aromatic rings. The lowest BCUT2D eigenvalue weighted by Crippen LogP contribution is -2.23. The van der Waals surface area contributed by atoms with Gasteiger partial charge in [0, 0.05) is 6.54 Å². The summed E-state index contributed by atoms with van der Waals surface area (Å²) in [7, 11) is 1.70. The standard InChI is InChI=1S/C18H25NO/c1-13(2)14(3)11-19-12-15-5-6-17-10-18(20-4)8-7-16(17)9-15/h5-10,13-14,19H,11-12H2,1-4H3. The molecule has 2 nitrogen and oxygen atoms in total. The fourth-order valence-electron chi connectivity index (χ4n) is 2.19. The summed E-state index contributed by atoms with van der Waals surface area (Å²) in [6.45, 7) is 8.84. The van der Waals surface area contributed by atoms with Gasteiger partial charge in [0.2, 0.25) is 0 Å². The number of nitrogens with one attached hydrogen (secondary N) is 1. The maximum Gasteiger partial charge on any atom is 0.119 e. The topological polar surface area (TPSA) is 21.3 Å². The maximum absolute atomic E-state index is 5.25. The molecule has 0 aliphatic heterocycles. The van der Waals surface area contributed by atoms with Crippen LogP contribution in [0, 0.1) is 11.8 Å². The molecule has 20 heavy (non-hydrogen) atoms. The second kappa shape index (κ2) is 6.76. The van der Waals surface area contributed by atoms with Crippen LogP contribution < -0.4 is 10.1 Å². The molecule has 2 aromatic carbocycles. The summed E-state index contributed by atoms with van der Waals surface area (Å²) in [4.78, 5) is 0. The molecule has 0 fully saturated rings. The Balaban J connectivity index is 2.01. The highest BCUT2D eigenvalue weighted by Gasteiger charge is 2.06. The summed E-state index contributed by atoms with van der Waals surface area (Å²) in [6.07, 6.45) is 0. The predicted octanol–water partition coefficient (Wildman–Crippen LogP) is 4.23. The average molecular weight is 271 g/mol. The lowest BCUT2D eigenvalue weighted by atomic mass is 9.98. The summed E-state index contributed by atoms with van der Waals surface area (Å²) in [5.41, 5.74) is 1.33. The molecule has 108 valence electrons. The number of rotatable bonds is 6. The lowest BCUT2D eigenvalue weighted by Gasteiger charge is -2.16. The van der Waals surface area contributed by atoms with Crippen LogP contribution in [0.5, 0.6) is 5.75 Å². The van der Waals surface area contributed by atoms with E-state index in [1.807, 2.05) is 6.07 Å². The zero-order chi connectivity index (χ0) is 14.5. The van der Waals surface area contributed by atoms with E-state index < -0.39 is 0 Å². The van der Waals surface area contributed by atoms with Gasteiger partial charge in [-0.25, -0.2) is 0 Å². The smallest absolute Gasteiger partial charge is 0.119 e. The van der Waals surface area contributed by atoms with Crippen LogP contribution in [0.3, 0.4) is 0 Å². The number of methoxy groups -OCH3 is 1. The summed E-state index contributed by atoms with van der Waals surface area (Å²) < 4.78 is 5.25. The van der Waals surface area contributed by atoms with Gasteiger partial charge in [0.15, 0.2) is 0 Å². The first-order valence-corrected chi connectivity index (χ1v) is 7.37. The predicted molar refractivity (Wildman–Crippen MR) is 86.2 cm³/mol. The first kappa shape index (κ1) is 14.9. The van der Waals surface area contributed by atoms with Gasteiger partial charge in [0.25, 0.3) is 0 Å². The van der Waals surface area contributed by atoms with Crippen molar-refractivity contribution in [3.63, 3.8) is 0 Å². The Morgan fingerprint density at radius 2 is 1.70 bits per heavy atom. The molecule has 0 aliphatic carbocycles. The van der Waals surface area contributed by atoms with Gasteiger partial charge in [-0.05, 0) is 52.9 Å². The van der Waals surface area contributed by atoms with E-state index in [4.69, 9.17) is 4.74 Å². The normalized spacial score (nSPS) is 12.8. The Labute approximate surface area is 122 Å². The Kier molecular flexibility index (Phi) is 5.02. The quantitative estimate of drug-likeness (QED) is 0.849. The molecule has 0 aromatic heterocycles. The fraction of sp³-hybridized carbons (Fsp3) is 0.444. The largest absolute Gasteiger partial charge is 0.497 e. The zero-order valence-corrected chi connectivity index (χ0v) is 12.9. The van der Waals surface area contributed by atoms with Gasteiger partial charge >= 0.3 is 0 Å². The third kappa shape index (κ3) is 3.73. The van der Waals surface area contributed by atoms with E-state index in [1.165, 1.54) is 16.3 Å². The Morgan fingerprint density at radius 1 is 1.00 bits per heavy atom. The maximum atomic E-state index is 5.25. The molecular weight excluding hydrogens is 246 g/mol. The molecule has 0 bridgehead atoms. The van der Waals surface area contributed by atoms with Crippen molar-refractivity contribution in [1.29, 1.82) is 0 Å². The molecule has 0 radical (unpaired) electrons. The van der Waals surface area contributed by atoms with Crippen molar-refractivity contribution in [3.05, 3.63) is 42.0 Å². The van der Waals surface area contributed by atoms with Crippen molar-refractivity contribution >= 4 is 10.8 Å². The minimum absolute atomic E-state index is 0.708. The van der Waals surface area contributed by atoms with Crippen LogP contribution in [0.4, 0.5) is 0 Å². The Bertz CT molecular complexity index is 562. The van der Waals surface area contributed by atoms with E-state index in [1.54, 1.807) is 7.11 Å². The number of fused-ring (bicyclic) bond motifs is 1. The van der Waals surface area contributed by atoms with Crippen LogP contribution in [-0.4, -0.2) is 13.7 Å². The molecule has 0 amide bonds. The molecule has 0 saturated heterocycles. The molecule has 0 aliphatic rings. The van der Waals surface area contributed by atoms with Gasteiger partial charge in [-0.15, -0.1) is 0 Å². The van der Waals surface area contributed by atoms with Crippen LogP contribution in [0.15, 0.2) is 36.4 Å². The van der Waals surface area contributed by atoms with Gasteiger partial charge in [-0.2, -0.15) is 0 Å². The van der Waals surface area contributed by atoms with Crippen molar-refractivity contribution in [2.75, 3.05) is 13.7 Å². The Morgan fingerprint density at radius 3 is 2.40 bits per heavy atom. The molecule has 0 saturated carbocycles. The number of hydrogen-bond donors (Lipinski definition) is 1. The summed E-state index contributed by atoms with van der Waals surface area (Å²) in [6, 6.07) is 12.8. The van der Waals surface area contributed by atoms with Gasteiger partial charge < -0.3 is 10.1 Å². The van der Waals surface area contributed by atoms with E-state index in [-0.39, 0.29) is 0 Å². The fourth-order valence-corrected chi connectivity index (χ4v) is 2.19. The second-order valence-electron chi connectivity index (χ2n) is 5.90. The number of ether oxygens (including phenoxy) is 1. The second-order valence-corrected chi connectivity index (χ2v) is 5.90. The van der Waals surface area contributed by atoms with Crippen molar-refractivity contribution in [2.24, 2.45) is 11.8 Å². The van der Waals surface area contributed by atoms with Crippen LogP contribution in [0.2, 0.25) is 0 Å². The molecule has 1 N–H and O–H groups in total. The van der Waals surface area contributed by atoms with Crippen molar-refractivity contribution in [3.8, 4) is 5.75 Å². The molecular formula is C18H25NO. The summed E-state index contributed by atoms with van der Waals surface area (Å²) in [5, 5.41) is 6.04. The van der Waals surface area contributed by atoms with Crippen molar-refractivity contribution in [2.45, 2.75) is 27.3 Å². The van der Waals surface area contributed by atoms with Gasteiger partial charge in [-0.3, -0.25) is 0 Å². The van der Waals surface area contributed by atoms with Crippen LogP contribution in [0.1, 0.15) is 26.3 Å². The van der Waals surface area contributed by atoms with E-state index in [0.29, 0.717) is 5.92 Å². The first-order chi connectivity index (χ1) is 9.60. The Hall–Kier alpha value is -1.54. The third-order valence-electron chi connectivity index (χ3n) is 4.05. The third-order valence-corrected chi connectivity index (χ3v) is 4.05. The van der Waals surface area contributed by atoms with Crippen LogP contribution >= 0.6 is 0 Å². The van der Waals surface area contributed by atoms with E-state index >= 15 is 0 Å². The lowest BCUT2D eigenvalue weighted by molar-refractivity contribution is 0.392. The summed E-state index contributed by atoms with van der Waals surface area (Å²) in [5.74, 6) is 2.35. The average Bonchev–Trinajstić information content (AvgIpc) is 2.46.